The SMILES string of the molecule is COc1cc(CN2CCN(CCC#N)CC2)ccc1OCCCc1ccccc1. The smallest absolute Gasteiger partial charge is 0.161 e. The Labute approximate surface area is 174 Å². The lowest BCUT2D eigenvalue weighted by Gasteiger charge is -2.34. The van der Waals surface area contributed by atoms with Crippen LogP contribution in [0.1, 0.15) is 24.0 Å². The summed E-state index contributed by atoms with van der Waals surface area (Å²) in [5.74, 6) is 1.61. The fourth-order valence-corrected chi connectivity index (χ4v) is 3.67. The number of benzene rings is 2. The van der Waals surface area contributed by atoms with Crippen molar-refractivity contribution in [3.63, 3.8) is 0 Å². The van der Waals surface area contributed by atoms with Crippen LogP contribution in [0.5, 0.6) is 11.5 Å². The van der Waals surface area contributed by atoms with E-state index < -0.39 is 0 Å². The first kappa shape index (κ1) is 21.2. The van der Waals surface area contributed by atoms with Gasteiger partial charge in [0.05, 0.1) is 19.8 Å². The Hall–Kier alpha value is -2.55. The van der Waals surface area contributed by atoms with Crippen LogP contribution in [0.4, 0.5) is 0 Å². The molecule has 1 saturated heterocycles. The van der Waals surface area contributed by atoms with E-state index in [4.69, 9.17) is 14.7 Å². The number of aryl methyl sites for hydroxylation is 1. The standard InChI is InChI=1S/C24H31N3O2/c1-28-24-19-22(20-27-16-14-26(15-17-27)13-6-12-25)10-11-23(24)29-18-5-9-21-7-3-2-4-8-21/h2-4,7-8,10-11,19H,5-6,9,13-18,20H2,1H3. The molecule has 29 heavy (non-hydrogen) atoms. The molecule has 0 amide bonds. The maximum atomic E-state index is 8.73. The van der Waals surface area contributed by atoms with Crippen LogP contribution in [0, 0.1) is 11.3 Å². The van der Waals surface area contributed by atoms with Gasteiger partial charge in [-0.2, -0.15) is 5.26 Å². The van der Waals surface area contributed by atoms with Gasteiger partial charge in [-0.1, -0.05) is 36.4 Å². The van der Waals surface area contributed by atoms with Crippen LogP contribution in [0.25, 0.3) is 0 Å². The molecule has 2 aromatic carbocycles. The summed E-state index contributed by atoms with van der Waals surface area (Å²) in [4.78, 5) is 4.82. The lowest BCUT2D eigenvalue weighted by atomic mass is 10.1. The molecular formula is C24H31N3O2. The molecule has 0 N–H and O–H groups in total. The van der Waals surface area contributed by atoms with E-state index in [0.29, 0.717) is 13.0 Å². The van der Waals surface area contributed by atoms with Gasteiger partial charge in [-0.15, -0.1) is 0 Å². The van der Waals surface area contributed by atoms with Crippen molar-refractivity contribution in [1.82, 2.24) is 9.80 Å². The van der Waals surface area contributed by atoms with Crippen LogP contribution in [0.2, 0.25) is 0 Å². The fourth-order valence-electron chi connectivity index (χ4n) is 3.67. The lowest BCUT2D eigenvalue weighted by Crippen LogP contribution is -2.46. The second-order valence-corrected chi connectivity index (χ2v) is 7.45. The van der Waals surface area contributed by atoms with E-state index >= 15 is 0 Å². The Kier molecular flexibility index (Phi) is 8.36. The molecule has 0 aromatic heterocycles. The molecule has 2 aromatic rings. The minimum Gasteiger partial charge on any atom is -0.493 e. The maximum Gasteiger partial charge on any atom is 0.161 e. The molecule has 0 bridgehead atoms. The molecule has 0 saturated carbocycles. The number of nitriles is 1. The van der Waals surface area contributed by atoms with Gasteiger partial charge >= 0.3 is 0 Å². The Bertz CT molecular complexity index is 780. The zero-order valence-corrected chi connectivity index (χ0v) is 17.3. The van der Waals surface area contributed by atoms with Crippen LogP contribution >= 0.6 is 0 Å². The lowest BCUT2D eigenvalue weighted by molar-refractivity contribution is 0.129. The molecule has 5 nitrogen and oxygen atoms in total. The predicted molar refractivity (Wildman–Crippen MR) is 115 cm³/mol. The molecule has 1 aliphatic heterocycles. The molecule has 0 aliphatic carbocycles. The van der Waals surface area contributed by atoms with Gasteiger partial charge in [0.1, 0.15) is 0 Å². The van der Waals surface area contributed by atoms with Gasteiger partial charge in [-0.3, -0.25) is 9.80 Å². The minimum absolute atomic E-state index is 0.615. The highest BCUT2D eigenvalue weighted by atomic mass is 16.5. The number of hydrogen-bond acceptors (Lipinski definition) is 5. The molecule has 0 radical (unpaired) electrons. The normalized spacial score (nSPS) is 15.0. The average Bonchev–Trinajstić information content (AvgIpc) is 2.77. The molecule has 154 valence electrons. The van der Waals surface area contributed by atoms with Crippen molar-refractivity contribution in [3.05, 3.63) is 59.7 Å². The van der Waals surface area contributed by atoms with Crippen molar-refractivity contribution in [1.29, 1.82) is 5.26 Å². The number of piperazine rings is 1. The third-order valence-corrected chi connectivity index (χ3v) is 5.35. The van der Waals surface area contributed by atoms with E-state index in [9.17, 15) is 0 Å². The van der Waals surface area contributed by atoms with E-state index in [1.807, 2.05) is 12.1 Å². The first-order valence-corrected chi connectivity index (χ1v) is 10.4. The summed E-state index contributed by atoms with van der Waals surface area (Å²) in [6.07, 6.45) is 2.61. The summed E-state index contributed by atoms with van der Waals surface area (Å²) in [7, 11) is 1.70. The van der Waals surface area contributed by atoms with Crippen LogP contribution in [0.3, 0.4) is 0 Å². The Balaban J connectivity index is 1.45. The molecule has 0 spiro atoms. The number of nitrogens with zero attached hydrogens (tertiary/aromatic N) is 3. The van der Waals surface area contributed by atoms with Crippen molar-refractivity contribution >= 4 is 0 Å². The van der Waals surface area contributed by atoms with Gasteiger partial charge in [-0.25, -0.2) is 0 Å². The molecule has 0 atom stereocenters. The molecule has 5 heteroatoms. The second-order valence-electron chi connectivity index (χ2n) is 7.45. The maximum absolute atomic E-state index is 8.73. The Morgan fingerprint density at radius 3 is 2.41 bits per heavy atom. The summed E-state index contributed by atoms with van der Waals surface area (Å²) in [5, 5.41) is 8.73. The van der Waals surface area contributed by atoms with Crippen molar-refractivity contribution in [2.75, 3.05) is 46.4 Å². The molecular weight excluding hydrogens is 362 g/mol. The number of rotatable bonds is 10. The van der Waals surface area contributed by atoms with Gasteiger partial charge in [0.25, 0.3) is 0 Å². The predicted octanol–water partition coefficient (Wildman–Crippen LogP) is 3.74. The van der Waals surface area contributed by atoms with E-state index in [-0.39, 0.29) is 0 Å². The van der Waals surface area contributed by atoms with E-state index in [2.05, 4.69) is 52.3 Å². The zero-order valence-electron chi connectivity index (χ0n) is 17.3. The number of ether oxygens (including phenoxy) is 2. The highest BCUT2D eigenvalue weighted by Gasteiger charge is 2.17. The summed E-state index contributed by atoms with van der Waals surface area (Å²) in [5.41, 5.74) is 2.58. The van der Waals surface area contributed by atoms with Crippen molar-refractivity contribution < 1.29 is 9.47 Å². The summed E-state index contributed by atoms with van der Waals surface area (Å²) >= 11 is 0. The van der Waals surface area contributed by atoms with Gasteiger partial charge in [-0.05, 0) is 36.1 Å². The van der Waals surface area contributed by atoms with Crippen LogP contribution < -0.4 is 9.47 Å². The Morgan fingerprint density at radius 1 is 0.931 bits per heavy atom. The molecule has 1 fully saturated rings. The number of hydrogen-bond donors (Lipinski definition) is 0. The third-order valence-electron chi connectivity index (χ3n) is 5.35. The van der Waals surface area contributed by atoms with Crippen molar-refractivity contribution in [2.45, 2.75) is 25.8 Å². The van der Waals surface area contributed by atoms with Gasteiger partial charge < -0.3 is 9.47 Å². The van der Waals surface area contributed by atoms with Gasteiger partial charge in [0.15, 0.2) is 11.5 Å². The summed E-state index contributed by atoms with van der Waals surface area (Å²) in [6, 6.07) is 19.0. The quantitative estimate of drug-likeness (QED) is 0.576. The largest absolute Gasteiger partial charge is 0.493 e. The number of methoxy groups -OCH3 is 1. The molecule has 3 rings (SSSR count). The minimum atomic E-state index is 0.615. The molecule has 1 heterocycles. The summed E-state index contributed by atoms with van der Waals surface area (Å²) < 4.78 is 11.5. The first-order chi connectivity index (χ1) is 14.3. The summed E-state index contributed by atoms with van der Waals surface area (Å²) in [6.45, 7) is 6.60. The monoisotopic (exact) mass is 393 g/mol. The average molecular weight is 394 g/mol. The van der Waals surface area contributed by atoms with Gasteiger partial charge in [0, 0.05) is 45.7 Å². The Morgan fingerprint density at radius 2 is 1.69 bits per heavy atom. The zero-order chi connectivity index (χ0) is 20.3. The fraction of sp³-hybridized carbons (Fsp3) is 0.458. The van der Waals surface area contributed by atoms with Crippen LogP contribution in [0.15, 0.2) is 48.5 Å². The van der Waals surface area contributed by atoms with E-state index in [1.165, 1.54) is 11.1 Å². The van der Waals surface area contributed by atoms with Crippen molar-refractivity contribution in [3.8, 4) is 17.6 Å². The topological polar surface area (TPSA) is 48.7 Å². The van der Waals surface area contributed by atoms with Crippen LogP contribution in [-0.4, -0.2) is 56.2 Å². The van der Waals surface area contributed by atoms with E-state index in [1.54, 1.807) is 7.11 Å². The van der Waals surface area contributed by atoms with Crippen molar-refractivity contribution in [2.24, 2.45) is 0 Å². The highest BCUT2D eigenvalue weighted by Crippen LogP contribution is 2.29. The third kappa shape index (κ3) is 6.77. The highest BCUT2D eigenvalue weighted by molar-refractivity contribution is 5.43. The molecule has 0 unspecified atom stereocenters. The van der Waals surface area contributed by atoms with Crippen LogP contribution in [-0.2, 0) is 13.0 Å². The second kappa shape index (κ2) is 11.5. The first-order valence-electron chi connectivity index (χ1n) is 10.4. The van der Waals surface area contributed by atoms with Gasteiger partial charge in [0.2, 0.25) is 0 Å². The van der Waals surface area contributed by atoms with E-state index in [0.717, 1.165) is 63.6 Å². The molecule has 1 aliphatic rings.